The van der Waals surface area contributed by atoms with E-state index in [2.05, 4.69) is 10.2 Å². The van der Waals surface area contributed by atoms with E-state index in [1.54, 1.807) is 17.0 Å². The maximum Gasteiger partial charge on any atom is 0.287 e. The fraction of sp³-hybridized carbons (Fsp3) is 0.368. The molecule has 138 valence electrons. The second kappa shape index (κ2) is 8.53. The minimum absolute atomic E-state index is 0.0713. The summed E-state index contributed by atoms with van der Waals surface area (Å²) in [5.41, 5.74) is 1.84. The third-order valence-corrected chi connectivity index (χ3v) is 4.27. The number of rotatable bonds is 6. The molecule has 0 spiro atoms. The summed E-state index contributed by atoms with van der Waals surface area (Å²) in [6, 6.07) is 11.1. The summed E-state index contributed by atoms with van der Waals surface area (Å²) in [6.07, 6.45) is 1.45. The molecule has 0 unspecified atom stereocenters. The van der Waals surface area contributed by atoms with Crippen molar-refractivity contribution in [2.75, 3.05) is 49.2 Å². The van der Waals surface area contributed by atoms with E-state index in [9.17, 15) is 9.59 Å². The van der Waals surface area contributed by atoms with Crippen LogP contribution in [-0.4, -0.2) is 51.2 Å². The van der Waals surface area contributed by atoms with Crippen LogP contribution >= 0.6 is 0 Å². The highest BCUT2D eigenvalue weighted by Crippen LogP contribution is 2.29. The molecule has 7 nitrogen and oxygen atoms in total. The fourth-order valence-electron chi connectivity index (χ4n) is 2.99. The fourth-order valence-corrected chi connectivity index (χ4v) is 2.99. The molecule has 1 N–H and O–H groups in total. The molecule has 3 rings (SSSR count). The van der Waals surface area contributed by atoms with Crippen LogP contribution in [0.5, 0.6) is 0 Å². The van der Waals surface area contributed by atoms with Crippen molar-refractivity contribution in [2.45, 2.75) is 6.92 Å². The van der Waals surface area contributed by atoms with Crippen molar-refractivity contribution in [3.8, 4) is 0 Å². The van der Waals surface area contributed by atoms with Crippen molar-refractivity contribution in [1.82, 2.24) is 5.32 Å². The number of ether oxygens (including phenoxy) is 1. The lowest BCUT2D eigenvalue weighted by Gasteiger charge is -2.33. The molecule has 0 aliphatic carbocycles. The molecule has 2 aromatic rings. The Kier molecular flexibility index (Phi) is 5.91. The van der Waals surface area contributed by atoms with E-state index in [-0.39, 0.29) is 17.6 Å². The lowest BCUT2D eigenvalue weighted by atomic mass is 10.2. The molecule has 1 fully saturated rings. The van der Waals surface area contributed by atoms with Gasteiger partial charge in [0.2, 0.25) is 5.91 Å². The molecule has 0 atom stereocenters. The molecule has 7 heteroatoms. The Morgan fingerprint density at radius 3 is 2.62 bits per heavy atom. The van der Waals surface area contributed by atoms with Gasteiger partial charge < -0.3 is 24.3 Å². The molecule has 2 heterocycles. The lowest BCUT2D eigenvalue weighted by Crippen LogP contribution is -2.40. The number of amides is 2. The molecule has 1 saturated heterocycles. The van der Waals surface area contributed by atoms with Crippen molar-refractivity contribution in [3.63, 3.8) is 0 Å². The first-order chi connectivity index (χ1) is 12.7. The number of carbonyl (C=O) groups is 2. The molecular weight excluding hydrogens is 334 g/mol. The SMILES string of the molecule is CC(=O)N(CCNC(=O)c1ccco1)c1ccccc1N1CCOCC1. The number of hydrogen-bond donors (Lipinski definition) is 1. The van der Waals surface area contributed by atoms with Crippen LogP contribution < -0.4 is 15.1 Å². The predicted molar refractivity (Wildman–Crippen MR) is 98.5 cm³/mol. The molecular formula is C19H23N3O4. The van der Waals surface area contributed by atoms with Gasteiger partial charge in [0, 0.05) is 33.1 Å². The van der Waals surface area contributed by atoms with Crippen molar-refractivity contribution in [3.05, 3.63) is 48.4 Å². The summed E-state index contributed by atoms with van der Waals surface area (Å²) in [5.74, 6) is -0.106. The second-order valence-corrected chi connectivity index (χ2v) is 5.99. The lowest BCUT2D eigenvalue weighted by molar-refractivity contribution is -0.116. The molecule has 2 amide bonds. The largest absolute Gasteiger partial charge is 0.459 e. The van der Waals surface area contributed by atoms with Gasteiger partial charge in [-0.15, -0.1) is 0 Å². The van der Waals surface area contributed by atoms with Gasteiger partial charge in [-0.05, 0) is 24.3 Å². The van der Waals surface area contributed by atoms with E-state index < -0.39 is 0 Å². The number of anilines is 2. The van der Waals surface area contributed by atoms with Crippen molar-refractivity contribution < 1.29 is 18.7 Å². The number of nitrogens with zero attached hydrogens (tertiary/aromatic N) is 2. The number of hydrogen-bond acceptors (Lipinski definition) is 5. The predicted octanol–water partition coefficient (Wildman–Crippen LogP) is 1.90. The monoisotopic (exact) mass is 357 g/mol. The first-order valence-corrected chi connectivity index (χ1v) is 8.68. The van der Waals surface area contributed by atoms with Gasteiger partial charge in [0.1, 0.15) is 0 Å². The van der Waals surface area contributed by atoms with E-state index in [1.165, 1.54) is 13.2 Å². The third kappa shape index (κ3) is 4.23. The Labute approximate surface area is 152 Å². The maximum absolute atomic E-state index is 12.2. The van der Waals surface area contributed by atoms with Crippen LogP contribution in [0.2, 0.25) is 0 Å². The Morgan fingerprint density at radius 1 is 1.15 bits per heavy atom. The summed E-state index contributed by atoms with van der Waals surface area (Å²) in [5, 5.41) is 2.78. The third-order valence-electron chi connectivity index (χ3n) is 4.27. The topological polar surface area (TPSA) is 75.0 Å². The van der Waals surface area contributed by atoms with Gasteiger partial charge in [-0.2, -0.15) is 0 Å². The minimum atomic E-state index is -0.292. The van der Waals surface area contributed by atoms with E-state index in [0.717, 1.165) is 24.5 Å². The van der Waals surface area contributed by atoms with E-state index >= 15 is 0 Å². The summed E-state index contributed by atoms with van der Waals surface area (Å²) in [6.45, 7) is 5.17. The number of para-hydroxylation sites is 2. The Bertz CT molecular complexity index is 739. The normalized spacial score (nSPS) is 14.1. The average molecular weight is 357 g/mol. The zero-order valence-corrected chi connectivity index (χ0v) is 14.8. The van der Waals surface area contributed by atoms with Crippen LogP contribution in [0, 0.1) is 0 Å². The van der Waals surface area contributed by atoms with Crippen molar-refractivity contribution in [1.29, 1.82) is 0 Å². The average Bonchev–Trinajstić information content (AvgIpc) is 3.20. The summed E-state index contributed by atoms with van der Waals surface area (Å²) in [7, 11) is 0. The van der Waals surface area contributed by atoms with Crippen LogP contribution in [0.25, 0.3) is 0 Å². The summed E-state index contributed by atoms with van der Waals surface area (Å²) < 4.78 is 10.5. The molecule has 0 bridgehead atoms. The zero-order valence-electron chi connectivity index (χ0n) is 14.8. The van der Waals surface area contributed by atoms with Crippen LogP contribution in [0.15, 0.2) is 47.1 Å². The van der Waals surface area contributed by atoms with Gasteiger partial charge in [-0.25, -0.2) is 0 Å². The first-order valence-electron chi connectivity index (χ1n) is 8.68. The number of carbonyl (C=O) groups excluding carboxylic acids is 2. The number of furan rings is 1. The minimum Gasteiger partial charge on any atom is -0.459 e. The molecule has 1 aromatic heterocycles. The molecule has 0 saturated carbocycles. The van der Waals surface area contributed by atoms with Gasteiger partial charge in [0.05, 0.1) is 30.9 Å². The van der Waals surface area contributed by atoms with Crippen LogP contribution in [0.1, 0.15) is 17.5 Å². The molecule has 26 heavy (non-hydrogen) atoms. The van der Waals surface area contributed by atoms with Crippen LogP contribution in [0.4, 0.5) is 11.4 Å². The van der Waals surface area contributed by atoms with Crippen molar-refractivity contribution >= 4 is 23.2 Å². The highest BCUT2D eigenvalue weighted by atomic mass is 16.5. The Hall–Kier alpha value is -2.80. The molecule has 0 radical (unpaired) electrons. The Balaban J connectivity index is 1.69. The van der Waals surface area contributed by atoms with Gasteiger partial charge in [-0.1, -0.05) is 12.1 Å². The second-order valence-electron chi connectivity index (χ2n) is 5.99. The maximum atomic E-state index is 12.2. The zero-order chi connectivity index (χ0) is 18.4. The first kappa shape index (κ1) is 18.0. The summed E-state index contributed by atoms with van der Waals surface area (Å²) in [4.78, 5) is 28.1. The molecule has 1 aliphatic rings. The van der Waals surface area contributed by atoms with Gasteiger partial charge in [0.15, 0.2) is 5.76 Å². The van der Waals surface area contributed by atoms with Crippen molar-refractivity contribution in [2.24, 2.45) is 0 Å². The van der Waals surface area contributed by atoms with Crippen LogP contribution in [0.3, 0.4) is 0 Å². The van der Waals surface area contributed by atoms with E-state index in [0.29, 0.717) is 26.3 Å². The standard InChI is InChI=1S/C19H23N3O4/c1-15(23)22(9-8-20-19(24)18-7-4-12-26-18)17-6-3-2-5-16(17)21-10-13-25-14-11-21/h2-7,12H,8-11,13-14H2,1H3,(H,20,24). The number of benzene rings is 1. The van der Waals surface area contributed by atoms with Gasteiger partial charge >= 0.3 is 0 Å². The molecule has 1 aliphatic heterocycles. The highest BCUT2D eigenvalue weighted by Gasteiger charge is 2.20. The van der Waals surface area contributed by atoms with E-state index in [1.807, 2.05) is 24.3 Å². The number of morpholine rings is 1. The smallest absolute Gasteiger partial charge is 0.287 e. The quantitative estimate of drug-likeness (QED) is 0.855. The highest BCUT2D eigenvalue weighted by molar-refractivity contribution is 5.95. The Morgan fingerprint density at radius 2 is 1.92 bits per heavy atom. The summed E-state index contributed by atoms with van der Waals surface area (Å²) >= 11 is 0. The van der Waals surface area contributed by atoms with E-state index in [4.69, 9.17) is 9.15 Å². The van der Waals surface area contributed by atoms with Crippen LogP contribution in [-0.2, 0) is 9.53 Å². The van der Waals surface area contributed by atoms with Gasteiger partial charge in [0.25, 0.3) is 5.91 Å². The molecule has 1 aromatic carbocycles. The van der Waals surface area contributed by atoms with Gasteiger partial charge in [-0.3, -0.25) is 9.59 Å². The number of nitrogens with one attached hydrogen (secondary N) is 1.